The molecular weight excluding hydrogens is 236 g/mol. The number of hydrogen-bond acceptors (Lipinski definition) is 3. The maximum atomic E-state index is 11.5. The third-order valence-corrected chi connectivity index (χ3v) is 4.51. The predicted molar refractivity (Wildman–Crippen MR) is 67.5 cm³/mol. The molecule has 0 aromatic heterocycles. The molecule has 0 radical (unpaired) electrons. The molecule has 1 N–H and O–H groups in total. The lowest BCUT2D eigenvalue weighted by Gasteiger charge is -2.32. The molecule has 4 heteroatoms. The Morgan fingerprint density at radius 2 is 1.88 bits per heavy atom. The molecule has 0 aliphatic carbocycles. The molecule has 2 rings (SSSR count). The minimum Gasteiger partial charge on any atom is -0.480 e. The molecule has 0 unspecified atom stereocenters. The zero-order chi connectivity index (χ0) is 12.3. The van der Waals surface area contributed by atoms with Crippen LogP contribution in [0.15, 0.2) is 29.2 Å². The number of hydrogen-bond donors (Lipinski definition) is 1. The van der Waals surface area contributed by atoms with Gasteiger partial charge in [0.1, 0.15) is 4.75 Å². The summed E-state index contributed by atoms with van der Waals surface area (Å²) in [6.07, 6.45) is 1.14. The molecule has 0 saturated carbocycles. The number of carbonyl (C=O) groups is 1. The van der Waals surface area contributed by atoms with Crippen molar-refractivity contribution in [3.8, 4) is 0 Å². The largest absolute Gasteiger partial charge is 0.480 e. The summed E-state index contributed by atoms with van der Waals surface area (Å²) in [6, 6.07) is 7.99. The summed E-state index contributed by atoms with van der Waals surface area (Å²) in [4.78, 5) is 12.5. The number of carboxylic acid groups (broad SMARTS) is 1. The van der Waals surface area contributed by atoms with Crippen LogP contribution in [0.2, 0.25) is 0 Å². The first kappa shape index (κ1) is 12.5. The van der Waals surface area contributed by atoms with E-state index in [-0.39, 0.29) is 0 Å². The van der Waals surface area contributed by atoms with Crippen molar-refractivity contribution in [2.24, 2.45) is 0 Å². The Morgan fingerprint density at radius 3 is 2.41 bits per heavy atom. The minimum atomic E-state index is -0.730. The second-order valence-electron chi connectivity index (χ2n) is 4.33. The van der Waals surface area contributed by atoms with Gasteiger partial charge in [-0.2, -0.15) is 0 Å². The topological polar surface area (TPSA) is 46.5 Å². The Labute approximate surface area is 105 Å². The van der Waals surface area contributed by atoms with Gasteiger partial charge in [-0.05, 0) is 31.9 Å². The van der Waals surface area contributed by atoms with Crippen molar-refractivity contribution < 1.29 is 14.6 Å². The Bertz CT molecular complexity index is 394. The van der Waals surface area contributed by atoms with E-state index in [2.05, 4.69) is 0 Å². The first-order chi connectivity index (χ1) is 8.12. The lowest BCUT2D eigenvalue weighted by Crippen LogP contribution is -2.40. The van der Waals surface area contributed by atoms with Gasteiger partial charge in [-0.25, -0.2) is 0 Å². The van der Waals surface area contributed by atoms with Gasteiger partial charge in [-0.3, -0.25) is 4.79 Å². The lowest BCUT2D eigenvalue weighted by atomic mass is 9.99. The quantitative estimate of drug-likeness (QED) is 0.898. The Morgan fingerprint density at radius 1 is 1.29 bits per heavy atom. The number of carboxylic acids is 1. The van der Waals surface area contributed by atoms with Crippen molar-refractivity contribution in [1.82, 2.24) is 0 Å². The third-order valence-electron chi connectivity index (χ3n) is 3.02. The minimum absolute atomic E-state index is 0.533. The number of rotatable bonds is 3. The van der Waals surface area contributed by atoms with Gasteiger partial charge in [0.05, 0.1) is 0 Å². The fraction of sp³-hybridized carbons (Fsp3) is 0.462. The van der Waals surface area contributed by atoms with Gasteiger partial charge in [0, 0.05) is 18.1 Å². The molecule has 0 spiro atoms. The summed E-state index contributed by atoms with van der Waals surface area (Å²) >= 11 is 1.45. The van der Waals surface area contributed by atoms with Crippen LogP contribution in [0.4, 0.5) is 0 Å². The van der Waals surface area contributed by atoms with Crippen LogP contribution in [-0.2, 0) is 9.53 Å². The average molecular weight is 252 g/mol. The van der Waals surface area contributed by atoms with E-state index in [1.165, 1.54) is 17.3 Å². The fourth-order valence-electron chi connectivity index (χ4n) is 1.89. The zero-order valence-corrected chi connectivity index (χ0v) is 10.6. The molecule has 1 aromatic rings. The van der Waals surface area contributed by atoms with Crippen molar-refractivity contribution in [3.63, 3.8) is 0 Å². The monoisotopic (exact) mass is 252 g/mol. The third kappa shape index (κ3) is 2.82. The van der Waals surface area contributed by atoms with E-state index in [0.717, 1.165) is 4.90 Å². The molecule has 92 valence electrons. The van der Waals surface area contributed by atoms with Gasteiger partial charge in [0.2, 0.25) is 0 Å². The molecule has 17 heavy (non-hydrogen) atoms. The van der Waals surface area contributed by atoms with Gasteiger partial charge in [-0.1, -0.05) is 17.7 Å². The van der Waals surface area contributed by atoms with Crippen LogP contribution in [0.3, 0.4) is 0 Å². The van der Waals surface area contributed by atoms with Crippen LogP contribution in [-0.4, -0.2) is 29.0 Å². The molecule has 0 bridgehead atoms. The van der Waals surface area contributed by atoms with Crippen LogP contribution in [0, 0.1) is 6.92 Å². The van der Waals surface area contributed by atoms with Crippen LogP contribution in [0.1, 0.15) is 18.4 Å². The summed E-state index contributed by atoms with van der Waals surface area (Å²) in [7, 11) is 0. The molecule has 0 amide bonds. The van der Waals surface area contributed by atoms with Crippen molar-refractivity contribution in [2.45, 2.75) is 29.4 Å². The van der Waals surface area contributed by atoms with E-state index >= 15 is 0 Å². The summed E-state index contributed by atoms with van der Waals surface area (Å²) in [5, 5.41) is 9.43. The molecule has 1 heterocycles. The molecular formula is C13H16O3S. The van der Waals surface area contributed by atoms with Crippen molar-refractivity contribution >= 4 is 17.7 Å². The number of benzene rings is 1. The summed E-state index contributed by atoms with van der Waals surface area (Å²) in [5.41, 5.74) is 1.19. The van der Waals surface area contributed by atoms with Gasteiger partial charge >= 0.3 is 5.97 Å². The highest BCUT2D eigenvalue weighted by molar-refractivity contribution is 8.01. The highest BCUT2D eigenvalue weighted by atomic mass is 32.2. The van der Waals surface area contributed by atoms with Gasteiger partial charge in [0.25, 0.3) is 0 Å². The Hall–Kier alpha value is -1.00. The average Bonchev–Trinajstić information content (AvgIpc) is 2.33. The van der Waals surface area contributed by atoms with Crippen LogP contribution < -0.4 is 0 Å². The number of aryl methyl sites for hydroxylation is 1. The van der Waals surface area contributed by atoms with Crippen LogP contribution in [0.25, 0.3) is 0 Å². The Kier molecular flexibility index (Phi) is 3.74. The fourth-order valence-corrected chi connectivity index (χ4v) is 3.07. The van der Waals surface area contributed by atoms with Crippen molar-refractivity contribution in [2.75, 3.05) is 13.2 Å². The van der Waals surface area contributed by atoms with E-state index in [4.69, 9.17) is 4.74 Å². The maximum Gasteiger partial charge on any atom is 0.320 e. The molecule has 1 aromatic carbocycles. The SMILES string of the molecule is Cc1ccc(SC2(C(=O)O)CCOCC2)cc1. The van der Waals surface area contributed by atoms with Gasteiger partial charge < -0.3 is 9.84 Å². The van der Waals surface area contributed by atoms with E-state index in [0.29, 0.717) is 26.1 Å². The first-order valence-electron chi connectivity index (χ1n) is 5.69. The maximum absolute atomic E-state index is 11.5. The van der Waals surface area contributed by atoms with Crippen LogP contribution >= 0.6 is 11.8 Å². The summed E-state index contributed by atoms with van der Waals surface area (Å²) < 4.78 is 4.54. The molecule has 3 nitrogen and oxygen atoms in total. The predicted octanol–water partition coefficient (Wildman–Crippen LogP) is 2.72. The highest BCUT2D eigenvalue weighted by Gasteiger charge is 2.41. The highest BCUT2D eigenvalue weighted by Crippen LogP contribution is 2.40. The lowest BCUT2D eigenvalue weighted by molar-refractivity contribution is -0.142. The normalized spacial score (nSPS) is 18.9. The summed E-state index contributed by atoms with van der Waals surface area (Å²) in [6.45, 7) is 3.09. The molecule has 1 fully saturated rings. The van der Waals surface area contributed by atoms with E-state index in [1.54, 1.807) is 0 Å². The zero-order valence-electron chi connectivity index (χ0n) is 9.81. The van der Waals surface area contributed by atoms with E-state index in [9.17, 15) is 9.90 Å². The van der Waals surface area contributed by atoms with Gasteiger partial charge in [-0.15, -0.1) is 11.8 Å². The van der Waals surface area contributed by atoms with Gasteiger partial charge in [0.15, 0.2) is 0 Å². The second kappa shape index (κ2) is 5.10. The number of ether oxygens (including phenoxy) is 1. The molecule has 1 aliphatic rings. The van der Waals surface area contributed by atoms with E-state index < -0.39 is 10.7 Å². The standard InChI is InChI=1S/C13H16O3S/c1-10-2-4-11(5-3-10)17-13(12(14)15)6-8-16-9-7-13/h2-5H,6-9H2,1H3,(H,14,15). The van der Waals surface area contributed by atoms with Crippen molar-refractivity contribution in [3.05, 3.63) is 29.8 Å². The van der Waals surface area contributed by atoms with Crippen LogP contribution in [0.5, 0.6) is 0 Å². The molecule has 1 aliphatic heterocycles. The smallest absolute Gasteiger partial charge is 0.320 e. The number of aliphatic carboxylic acids is 1. The first-order valence-corrected chi connectivity index (χ1v) is 6.51. The molecule has 0 atom stereocenters. The summed E-state index contributed by atoms with van der Waals surface area (Å²) in [5.74, 6) is -0.730. The Balaban J connectivity index is 2.17. The molecule has 1 saturated heterocycles. The second-order valence-corrected chi connectivity index (χ2v) is 5.78. The number of thioether (sulfide) groups is 1. The van der Waals surface area contributed by atoms with Crippen molar-refractivity contribution in [1.29, 1.82) is 0 Å². The van der Waals surface area contributed by atoms with E-state index in [1.807, 2.05) is 31.2 Å².